The van der Waals surface area contributed by atoms with Crippen LogP contribution in [0.1, 0.15) is 20.7 Å². The van der Waals surface area contributed by atoms with Gasteiger partial charge in [0.2, 0.25) is 0 Å². The van der Waals surface area contributed by atoms with E-state index in [1.165, 1.54) is 14.2 Å². The maximum absolute atomic E-state index is 12.3. The van der Waals surface area contributed by atoms with Crippen molar-refractivity contribution in [3.05, 3.63) is 78.1 Å². The predicted octanol–water partition coefficient (Wildman–Crippen LogP) is 2.65. The van der Waals surface area contributed by atoms with Gasteiger partial charge in [0.25, 0.3) is 11.8 Å². The molecule has 0 saturated heterocycles. The van der Waals surface area contributed by atoms with Crippen LogP contribution in [0.25, 0.3) is 5.69 Å². The van der Waals surface area contributed by atoms with Crippen LogP contribution in [-0.4, -0.2) is 43.7 Å². The first-order valence-electron chi connectivity index (χ1n) is 9.13. The van der Waals surface area contributed by atoms with Crippen molar-refractivity contribution < 1.29 is 19.1 Å². The molecule has 3 aromatic rings. The Morgan fingerprint density at radius 2 is 1.31 bits per heavy atom. The highest BCUT2D eigenvalue weighted by Crippen LogP contribution is 2.22. The van der Waals surface area contributed by atoms with Gasteiger partial charge in [-0.25, -0.2) is 0 Å². The first-order chi connectivity index (χ1) is 14.1. The van der Waals surface area contributed by atoms with Crippen LogP contribution in [0.3, 0.4) is 0 Å². The van der Waals surface area contributed by atoms with Gasteiger partial charge in [-0.05, 0) is 48.5 Å². The Hall–Kier alpha value is -3.74. The second-order valence-electron chi connectivity index (χ2n) is 6.25. The van der Waals surface area contributed by atoms with Crippen LogP contribution in [0, 0.1) is 0 Å². The fourth-order valence-corrected chi connectivity index (χ4v) is 2.79. The van der Waals surface area contributed by atoms with Crippen molar-refractivity contribution >= 4 is 11.8 Å². The number of carbonyl (C=O) groups excluding carboxylic acids is 2. The van der Waals surface area contributed by atoms with Gasteiger partial charge in [-0.3, -0.25) is 9.59 Å². The number of methoxy groups -OCH3 is 2. The molecule has 7 nitrogen and oxygen atoms in total. The summed E-state index contributed by atoms with van der Waals surface area (Å²) < 4.78 is 12.3. The standard InChI is InChI=1S/C22H23N3O4/c1-28-19-13-17(14-20(15-19)29-2)22(27)24-10-9-23-21(26)16-5-7-18(8-6-16)25-11-3-4-12-25/h3-8,11-15H,9-10H2,1-2H3,(H,23,26)(H,24,27). The number of rotatable bonds is 8. The first kappa shape index (κ1) is 20.0. The van der Waals surface area contributed by atoms with E-state index in [1.54, 1.807) is 30.3 Å². The van der Waals surface area contributed by atoms with E-state index in [0.717, 1.165) is 5.69 Å². The van der Waals surface area contributed by atoms with Gasteiger partial charge in [-0.1, -0.05) is 0 Å². The summed E-state index contributed by atoms with van der Waals surface area (Å²) in [5.74, 6) is 0.603. The second kappa shape index (κ2) is 9.45. The molecule has 0 radical (unpaired) electrons. The Balaban J connectivity index is 1.49. The molecule has 150 valence electrons. The molecule has 1 heterocycles. The molecular weight excluding hydrogens is 370 g/mol. The largest absolute Gasteiger partial charge is 0.497 e. The summed E-state index contributed by atoms with van der Waals surface area (Å²) >= 11 is 0. The Kier molecular flexibility index (Phi) is 6.52. The zero-order chi connectivity index (χ0) is 20.6. The van der Waals surface area contributed by atoms with Crippen LogP contribution in [-0.2, 0) is 0 Å². The number of hydrogen-bond acceptors (Lipinski definition) is 4. The highest BCUT2D eigenvalue weighted by Gasteiger charge is 2.10. The lowest BCUT2D eigenvalue weighted by Crippen LogP contribution is -2.34. The molecule has 0 aliphatic heterocycles. The van der Waals surface area contributed by atoms with Crippen LogP contribution in [0.2, 0.25) is 0 Å². The average Bonchev–Trinajstić information content (AvgIpc) is 3.31. The van der Waals surface area contributed by atoms with Crippen molar-refractivity contribution in [1.29, 1.82) is 0 Å². The fraction of sp³-hybridized carbons (Fsp3) is 0.182. The summed E-state index contributed by atoms with van der Waals surface area (Å²) in [6.45, 7) is 0.608. The number of ether oxygens (including phenoxy) is 2. The van der Waals surface area contributed by atoms with E-state index in [0.29, 0.717) is 35.7 Å². The molecule has 2 aromatic carbocycles. The molecule has 7 heteroatoms. The molecule has 0 aliphatic carbocycles. The minimum absolute atomic E-state index is 0.193. The zero-order valence-electron chi connectivity index (χ0n) is 16.3. The van der Waals surface area contributed by atoms with Crippen molar-refractivity contribution in [3.8, 4) is 17.2 Å². The summed E-state index contributed by atoms with van der Waals surface area (Å²) in [7, 11) is 3.05. The van der Waals surface area contributed by atoms with Gasteiger partial charge in [0.15, 0.2) is 0 Å². The summed E-state index contributed by atoms with van der Waals surface area (Å²) in [4.78, 5) is 24.6. The molecule has 2 amide bonds. The van der Waals surface area contributed by atoms with E-state index >= 15 is 0 Å². The highest BCUT2D eigenvalue weighted by atomic mass is 16.5. The predicted molar refractivity (Wildman–Crippen MR) is 110 cm³/mol. The maximum Gasteiger partial charge on any atom is 0.251 e. The molecule has 0 unspecified atom stereocenters. The van der Waals surface area contributed by atoms with Gasteiger partial charge in [0.1, 0.15) is 11.5 Å². The van der Waals surface area contributed by atoms with Crippen molar-refractivity contribution in [1.82, 2.24) is 15.2 Å². The van der Waals surface area contributed by atoms with E-state index in [1.807, 2.05) is 41.2 Å². The van der Waals surface area contributed by atoms with E-state index in [-0.39, 0.29) is 11.8 Å². The van der Waals surface area contributed by atoms with Gasteiger partial charge in [-0.15, -0.1) is 0 Å². The summed E-state index contributed by atoms with van der Waals surface area (Å²) in [5, 5.41) is 5.56. The zero-order valence-corrected chi connectivity index (χ0v) is 16.3. The maximum atomic E-state index is 12.3. The van der Waals surface area contributed by atoms with Gasteiger partial charge in [0, 0.05) is 48.4 Å². The van der Waals surface area contributed by atoms with Gasteiger partial charge in [0.05, 0.1) is 14.2 Å². The van der Waals surface area contributed by atoms with E-state index in [9.17, 15) is 9.59 Å². The molecule has 0 aliphatic rings. The summed E-state index contributed by atoms with van der Waals surface area (Å²) in [6, 6.07) is 16.1. The molecular formula is C22H23N3O4. The van der Waals surface area contributed by atoms with Crippen LogP contribution in [0.4, 0.5) is 0 Å². The molecule has 1 aromatic heterocycles. The Morgan fingerprint density at radius 3 is 1.83 bits per heavy atom. The van der Waals surface area contributed by atoms with Crippen molar-refractivity contribution in [3.63, 3.8) is 0 Å². The van der Waals surface area contributed by atoms with Crippen LogP contribution in [0.5, 0.6) is 11.5 Å². The van der Waals surface area contributed by atoms with Gasteiger partial charge >= 0.3 is 0 Å². The third kappa shape index (κ3) is 5.16. The third-order valence-electron chi connectivity index (χ3n) is 4.34. The van der Waals surface area contributed by atoms with Crippen molar-refractivity contribution in [2.75, 3.05) is 27.3 Å². The highest BCUT2D eigenvalue weighted by molar-refractivity contribution is 5.95. The lowest BCUT2D eigenvalue weighted by atomic mass is 10.2. The first-order valence-corrected chi connectivity index (χ1v) is 9.13. The van der Waals surface area contributed by atoms with E-state index in [2.05, 4.69) is 10.6 Å². The van der Waals surface area contributed by atoms with Crippen LogP contribution >= 0.6 is 0 Å². The Bertz CT molecular complexity index is 944. The number of carbonyl (C=O) groups is 2. The molecule has 0 spiro atoms. The van der Waals surface area contributed by atoms with Crippen molar-refractivity contribution in [2.45, 2.75) is 0 Å². The number of nitrogens with zero attached hydrogens (tertiary/aromatic N) is 1. The number of benzene rings is 2. The molecule has 3 rings (SSSR count). The molecule has 0 atom stereocenters. The molecule has 0 fully saturated rings. The Labute approximate surface area is 169 Å². The fourth-order valence-electron chi connectivity index (χ4n) is 2.79. The van der Waals surface area contributed by atoms with E-state index in [4.69, 9.17) is 9.47 Å². The Morgan fingerprint density at radius 1 is 0.793 bits per heavy atom. The SMILES string of the molecule is COc1cc(OC)cc(C(=O)NCCNC(=O)c2ccc(-n3cccc3)cc2)c1. The smallest absolute Gasteiger partial charge is 0.251 e. The average molecular weight is 393 g/mol. The van der Waals surface area contributed by atoms with Gasteiger partial charge < -0.3 is 24.7 Å². The molecule has 0 saturated carbocycles. The van der Waals surface area contributed by atoms with E-state index < -0.39 is 0 Å². The second-order valence-corrected chi connectivity index (χ2v) is 6.25. The quantitative estimate of drug-likeness (QED) is 0.577. The van der Waals surface area contributed by atoms with Crippen molar-refractivity contribution in [2.24, 2.45) is 0 Å². The van der Waals surface area contributed by atoms with Gasteiger partial charge in [-0.2, -0.15) is 0 Å². The molecule has 0 bridgehead atoms. The minimum Gasteiger partial charge on any atom is -0.497 e. The number of hydrogen-bond donors (Lipinski definition) is 2. The minimum atomic E-state index is -0.271. The number of nitrogens with one attached hydrogen (secondary N) is 2. The number of aromatic nitrogens is 1. The van der Waals surface area contributed by atoms with Crippen LogP contribution < -0.4 is 20.1 Å². The third-order valence-corrected chi connectivity index (χ3v) is 4.34. The number of amides is 2. The molecule has 2 N–H and O–H groups in total. The van der Waals surface area contributed by atoms with Crippen LogP contribution in [0.15, 0.2) is 67.0 Å². The lowest BCUT2D eigenvalue weighted by Gasteiger charge is -2.10. The summed E-state index contributed by atoms with van der Waals surface area (Å²) in [6.07, 6.45) is 3.88. The topological polar surface area (TPSA) is 81.6 Å². The molecule has 29 heavy (non-hydrogen) atoms. The normalized spacial score (nSPS) is 10.3. The monoisotopic (exact) mass is 393 g/mol. The lowest BCUT2D eigenvalue weighted by molar-refractivity contribution is 0.0927. The summed E-state index contributed by atoms with van der Waals surface area (Å²) in [5.41, 5.74) is 1.96.